The SMILES string of the molecule is CCC[CH2][Al-]([Cl])([CH2]C)[CH2]C. The van der Waals surface area contributed by atoms with Crippen LogP contribution in [0, 0.1) is 0 Å². The lowest BCUT2D eigenvalue weighted by Crippen LogP contribution is -2.23. The van der Waals surface area contributed by atoms with Gasteiger partial charge in [-0.15, -0.1) is 13.8 Å². The third-order valence-electron chi connectivity index (χ3n) is 2.54. The van der Waals surface area contributed by atoms with E-state index in [1.165, 1.54) is 28.7 Å². The second-order valence-corrected chi connectivity index (χ2v) is 10.9. The average molecular weight is 178 g/mol. The van der Waals surface area contributed by atoms with Crippen LogP contribution in [0.2, 0.25) is 15.8 Å². The lowest BCUT2D eigenvalue weighted by Gasteiger charge is -2.25. The molecule has 2 heteroatoms. The van der Waals surface area contributed by atoms with Crippen LogP contribution in [0.3, 0.4) is 0 Å². The lowest BCUT2D eigenvalue weighted by molar-refractivity contribution is 0.865. The number of halogens is 1. The first kappa shape index (κ1) is 10.8. The van der Waals surface area contributed by atoms with E-state index in [0.717, 1.165) is 0 Å². The molecule has 0 aromatic rings. The molecule has 0 aromatic carbocycles. The third kappa shape index (κ3) is 3.86. The first-order valence-electron chi connectivity index (χ1n) is 4.56. The van der Waals surface area contributed by atoms with E-state index in [1.54, 1.807) is 0 Å². The van der Waals surface area contributed by atoms with Gasteiger partial charge in [0.15, 0.2) is 0 Å². The minimum absolute atomic E-state index is 1.27. The van der Waals surface area contributed by atoms with Gasteiger partial charge in [-0.3, -0.25) is 0 Å². The van der Waals surface area contributed by atoms with Crippen molar-refractivity contribution < 1.29 is 0 Å². The van der Waals surface area contributed by atoms with E-state index in [9.17, 15) is 0 Å². The Bertz CT molecular complexity index is 79.3. The van der Waals surface area contributed by atoms with Crippen molar-refractivity contribution in [3.8, 4) is 0 Å². The monoisotopic (exact) mass is 177 g/mol. The van der Waals surface area contributed by atoms with E-state index >= 15 is 0 Å². The Balaban J connectivity index is 3.58. The van der Waals surface area contributed by atoms with Gasteiger partial charge >= 0.3 is 0 Å². The third-order valence-corrected chi connectivity index (χ3v) is 9.41. The van der Waals surface area contributed by atoms with E-state index in [0.29, 0.717) is 0 Å². The molecule has 0 saturated heterocycles. The molecule has 0 aliphatic heterocycles. The van der Waals surface area contributed by atoms with Crippen molar-refractivity contribution in [1.82, 2.24) is 0 Å². The van der Waals surface area contributed by atoms with Crippen LogP contribution in [-0.4, -0.2) is 12.2 Å². The topological polar surface area (TPSA) is 0 Å². The molecule has 0 amide bonds. The Labute approximate surface area is 71.8 Å². The van der Waals surface area contributed by atoms with Gasteiger partial charge in [0.25, 0.3) is 0 Å². The van der Waals surface area contributed by atoms with Crippen molar-refractivity contribution in [3.63, 3.8) is 0 Å². The summed E-state index contributed by atoms with van der Waals surface area (Å²) in [7, 11) is 6.45. The maximum Gasteiger partial charge on any atom is 0.240 e. The van der Waals surface area contributed by atoms with Gasteiger partial charge in [0, 0.05) is 0 Å². The molecule has 10 heavy (non-hydrogen) atoms. The molecule has 0 atom stereocenters. The summed E-state index contributed by atoms with van der Waals surface area (Å²) in [5, 5.41) is 3.88. The predicted octanol–water partition coefficient (Wildman–Crippen LogP) is 4.01. The Kier molecular flexibility index (Phi) is 5.92. The largest absolute Gasteiger partial charge is 0.442 e. The molecule has 0 radical (unpaired) electrons. The maximum absolute atomic E-state index is 6.45. The zero-order valence-electron chi connectivity index (χ0n) is 7.49. The molecule has 0 bridgehead atoms. The number of unbranched alkanes of at least 4 members (excludes halogenated alkanes) is 1. The minimum Gasteiger partial charge on any atom is -0.442 e. The summed E-state index contributed by atoms with van der Waals surface area (Å²) >= 11 is -1.52. The molecule has 0 fully saturated rings. The van der Waals surface area contributed by atoms with E-state index in [1.807, 2.05) is 0 Å². The fourth-order valence-electron chi connectivity index (χ4n) is 1.27. The Morgan fingerprint density at radius 3 is 1.90 bits per heavy atom. The highest BCUT2D eigenvalue weighted by atomic mass is 35.6. The summed E-state index contributed by atoms with van der Waals surface area (Å²) in [5.41, 5.74) is 0. The van der Waals surface area contributed by atoms with E-state index in [-0.39, 0.29) is 0 Å². The highest BCUT2D eigenvalue weighted by molar-refractivity contribution is 7.20. The van der Waals surface area contributed by atoms with Crippen LogP contribution in [0.4, 0.5) is 0 Å². The zero-order chi connectivity index (χ0) is 8.04. The highest BCUT2D eigenvalue weighted by Gasteiger charge is 2.20. The van der Waals surface area contributed by atoms with Crippen LogP contribution < -0.4 is 0 Å². The van der Waals surface area contributed by atoms with Crippen LogP contribution in [0.25, 0.3) is 0 Å². The fraction of sp³-hybridized carbons (Fsp3) is 1.00. The molecule has 0 aromatic heterocycles. The van der Waals surface area contributed by atoms with Crippen LogP contribution in [-0.2, 0) is 0 Å². The molecular formula is C8H19AlCl-. The van der Waals surface area contributed by atoms with Crippen molar-refractivity contribution >= 4 is 22.2 Å². The van der Waals surface area contributed by atoms with Gasteiger partial charge in [-0.25, -0.2) is 0 Å². The van der Waals surface area contributed by atoms with Gasteiger partial charge in [0.2, 0.25) is 12.2 Å². The second-order valence-electron chi connectivity index (χ2n) is 3.29. The Morgan fingerprint density at radius 1 is 1.10 bits per heavy atom. The normalized spacial score (nSPS) is 12.0. The van der Waals surface area contributed by atoms with Gasteiger partial charge < -0.3 is 10.0 Å². The fourth-order valence-corrected chi connectivity index (χ4v) is 4.26. The number of hydrogen-bond donors (Lipinski definition) is 0. The molecule has 0 saturated carbocycles. The molecule has 0 spiro atoms. The van der Waals surface area contributed by atoms with Gasteiger partial charge in [-0.1, -0.05) is 19.8 Å². The standard InChI is InChI=1S/C4H9.2C2H5.Al.ClH/c1-3-4-2;2*1-2;;/h1,3-4H2,2H3;2*1H2,2H3;;1H/p-1. The quantitative estimate of drug-likeness (QED) is 0.557. The van der Waals surface area contributed by atoms with E-state index < -0.39 is 12.2 Å². The van der Waals surface area contributed by atoms with Gasteiger partial charge in [0.1, 0.15) is 0 Å². The van der Waals surface area contributed by atoms with Crippen LogP contribution in [0.1, 0.15) is 33.6 Å². The number of rotatable bonds is 5. The maximum atomic E-state index is 6.45. The van der Waals surface area contributed by atoms with Crippen LogP contribution >= 0.6 is 10.0 Å². The second kappa shape index (κ2) is 5.47. The molecule has 0 rings (SSSR count). The first-order chi connectivity index (χ1) is 4.68. The lowest BCUT2D eigenvalue weighted by atomic mass is 10.4. The van der Waals surface area contributed by atoms with Crippen molar-refractivity contribution in [1.29, 1.82) is 0 Å². The summed E-state index contributed by atoms with van der Waals surface area (Å²) in [6, 6.07) is 0. The molecular weight excluding hydrogens is 159 g/mol. The summed E-state index contributed by atoms with van der Waals surface area (Å²) in [6.45, 7) is 6.73. The van der Waals surface area contributed by atoms with E-state index in [4.69, 9.17) is 10.0 Å². The van der Waals surface area contributed by atoms with Crippen molar-refractivity contribution in [2.24, 2.45) is 0 Å². The molecule has 0 aliphatic carbocycles. The van der Waals surface area contributed by atoms with Crippen LogP contribution in [0.15, 0.2) is 0 Å². The van der Waals surface area contributed by atoms with Gasteiger partial charge in [0.05, 0.1) is 0 Å². The van der Waals surface area contributed by atoms with Gasteiger partial charge in [-0.05, 0) is 0 Å². The Morgan fingerprint density at radius 2 is 1.60 bits per heavy atom. The molecule has 0 aliphatic rings. The zero-order valence-corrected chi connectivity index (χ0v) is 9.40. The first-order valence-corrected chi connectivity index (χ1v) is 8.76. The highest BCUT2D eigenvalue weighted by Crippen LogP contribution is 2.26. The minimum atomic E-state index is -1.52. The molecule has 0 N–H and O–H groups in total. The van der Waals surface area contributed by atoms with Crippen molar-refractivity contribution in [3.05, 3.63) is 0 Å². The molecule has 0 nitrogen and oxygen atoms in total. The Hall–Kier alpha value is 0.822. The molecule has 62 valence electrons. The van der Waals surface area contributed by atoms with Crippen LogP contribution in [0.5, 0.6) is 0 Å². The average Bonchev–Trinajstić information content (AvgIpc) is 2.00. The molecule has 0 unspecified atom stereocenters. The van der Waals surface area contributed by atoms with Crippen molar-refractivity contribution in [2.45, 2.75) is 49.5 Å². The summed E-state index contributed by atoms with van der Waals surface area (Å²) in [4.78, 5) is 0. The summed E-state index contributed by atoms with van der Waals surface area (Å²) in [6.07, 6.45) is 2.64. The van der Waals surface area contributed by atoms with E-state index in [2.05, 4.69) is 20.8 Å². The molecule has 0 heterocycles. The smallest absolute Gasteiger partial charge is 0.240 e. The summed E-state index contributed by atoms with van der Waals surface area (Å²) < 4.78 is 0. The van der Waals surface area contributed by atoms with Crippen molar-refractivity contribution in [2.75, 3.05) is 0 Å². The van der Waals surface area contributed by atoms with Gasteiger partial charge in [-0.2, -0.15) is 15.8 Å². The predicted molar refractivity (Wildman–Crippen MR) is 52.3 cm³/mol. The summed E-state index contributed by atoms with van der Waals surface area (Å²) in [5.74, 6) is 0. The number of hydrogen-bond acceptors (Lipinski definition) is 0.